The second-order valence-electron chi connectivity index (χ2n) is 13.5. The Bertz CT molecular complexity index is 2950. The Morgan fingerprint density at radius 3 is 1.53 bits per heavy atom. The third-order valence-electron chi connectivity index (χ3n) is 9.62. The van der Waals surface area contributed by atoms with Gasteiger partial charge in [0.15, 0.2) is 5.58 Å². The lowest BCUT2D eigenvalue weighted by atomic mass is 9.89. The number of benzene rings is 6. The zero-order chi connectivity index (χ0) is 40.3. The fourth-order valence-electron chi connectivity index (χ4n) is 6.66. The van der Waals surface area contributed by atoms with E-state index in [0.717, 1.165) is 0 Å². The third kappa shape index (κ3) is 7.44. The van der Waals surface area contributed by atoms with Crippen LogP contribution in [0.3, 0.4) is 0 Å². The lowest BCUT2D eigenvalue weighted by Gasteiger charge is -2.17. The molecule has 2 aliphatic rings. The van der Waals surface area contributed by atoms with Gasteiger partial charge in [-0.2, -0.15) is 10.2 Å². The number of nitrogens with zero attached hydrogens (tertiary/aromatic N) is 3. The highest BCUT2D eigenvalue weighted by Crippen LogP contribution is 2.29. The van der Waals surface area contributed by atoms with Crippen molar-refractivity contribution >= 4 is 80.8 Å². The minimum absolute atomic E-state index is 0.0205. The highest BCUT2D eigenvalue weighted by Gasteiger charge is 2.31. The minimum Gasteiger partial charge on any atom is -0.436 e. The summed E-state index contributed by atoms with van der Waals surface area (Å²) in [6.45, 7) is 0. The number of ketones is 2. The Morgan fingerprint density at radius 1 is 0.508 bits per heavy atom. The van der Waals surface area contributed by atoms with Crippen LogP contribution in [0.2, 0.25) is 0 Å². The number of rotatable bonds is 9. The number of hydrazone groups is 2. The Balaban J connectivity index is 0.906. The summed E-state index contributed by atoms with van der Waals surface area (Å²) in [5.74, 6) is -1.70. The van der Waals surface area contributed by atoms with E-state index in [-0.39, 0.29) is 22.6 Å². The molecule has 0 atom stereocenters. The van der Waals surface area contributed by atoms with Crippen molar-refractivity contribution in [2.45, 2.75) is 0 Å². The van der Waals surface area contributed by atoms with E-state index in [9.17, 15) is 19.2 Å². The molecule has 1 heterocycles. The Morgan fingerprint density at radius 2 is 0.983 bits per heavy atom. The summed E-state index contributed by atoms with van der Waals surface area (Å²) < 4.78 is 6.13. The van der Waals surface area contributed by atoms with Crippen molar-refractivity contribution in [1.82, 2.24) is 4.98 Å². The number of carbonyl (C=O) groups excluding carboxylic acids is 4. The molecule has 12 heteroatoms. The number of aromatic nitrogens is 1. The standard InChI is InChI=1S/C47H31N7O5/c55-43-37(45(57)48-31-13-3-1-4-14-31)25-29-11-7-9-17-35(29)41(43)53-51-33-21-19-28(20-22-33)47-50-39-24-23-34(27-40(39)59-47)52-54-42-36-18-10-8-12-30(36)26-38(44(42)56)46(58)49-32-15-5-2-6-16-32/h1-27,51-52H,(H,48,57)(H,49,58)/b53-41+,54-42+. The lowest BCUT2D eigenvalue weighted by Crippen LogP contribution is -2.30. The van der Waals surface area contributed by atoms with E-state index in [1.54, 1.807) is 115 Å². The molecule has 0 unspecified atom stereocenters. The van der Waals surface area contributed by atoms with Crippen LogP contribution in [-0.2, 0) is 19.2 Å². The molecule has 0 bridgehead atoms. The molecule has 0 fully saturated rings. The first-order valence-electron chi connectivity index (χ1n) is 18.5. The van der Waals surface area contributed by atoms with Crippen LogP contribution in [0, 0.1) is 0 Å². The average molecular weight is 774 g/mol. The summed E-state index contributed by atoms with van der Waals surface area (Å²) in [5, 5.41) is 14.5. The number of hydrogen-bond acceptors (Lipinski definition) is 10. The number of anilines is 4. The van der Waals surface area contributed by atoms with E-state index in [0.29, 0.717) is 67.6 Å². The van der Waals surface area contributed by atoms with Gasteiger partial charge in [-0.3, -0.25) is 30.0 Å². The predicted molar refractivity (Wildman–Crippen MR) is 229 cm³/mol. The fourth-order valence-corrected chi connectivity index (χ4v) is 6.66. The van der Waals surface area contributed by atoms with Crippen LogP contribution in [0.1, 0.15) is 22.3 Å². The number of oxazole rings is 1. The van der Waals surface area contributed by atoms with Gasteiger partial charge in [-0.15, -0.1) is 0 Å². The van der Waals surface area contributed by atoms with E-state index < -0.39 is 23.4 Å². The molecule has 59 heavy (non-hydrogen) atoms. The van der Waals surface area contributed by atoms with Gasteiger partial charge in [-0.1, -0.05) is 84.9 Å². The van der Waals surface area contributed by atoms with E-state index in [1.165, 1.54) is 0 Å². The molecule has 0 radical (unpaired) electrons. The smallest absolute Gasteiger partial charge is 0.259 e. The highest BCUT2D eigenvalue weighted by molar-refractivity contribution is 6.60. The maximum Gasteiger partial charge on any atom is 0.259 e. The molecule has 284 valence electrons. The molecule has 1 aromatic heterocycles. The Hall–Kier alpha value is -8.51. The lowest BCUT2D eigenvalue weighted by molar-refractivity contribution is -0.118. The van der Waals surface area contributed by atoms with Crippen LogP contribution in [0.4, 0.5) is 22.7 Å². The van der Waals surface area contributed by atoms with E-state index >= 15 is 0 Å². The second kappa shape index (κ2) is 15.6. The SMILES string of the molecule is O=C(Nc1ccccc1)C1=Cc2ccccc2/C(=N\Nc2ccc(-c3nc4ccc(N/N=C5/C(=O)C(C(=O)Nc6ccccc6)=Cc6ccccc65)cc4o3)cc2)C1=O. The number of fused-ring (bicyclic) bond motifs is 3. The number of Topliss-reactive ketones (excluding diaryl/α,β-unsaturated/α-hetero) is 2. The summed E-state index contributed by atoms with van der Waals surface area (Å²) in [6, 6.07) is 44.8. The van der Waals surface area contributed by atoms with Crippen LogP contribution in [-0.4, -0.2) is 39.8 Å². The quantitative estimate of drug-likeness (QED) is 0.0839. The number of hydrogen-bond donors (Lipinski definition) is 4. The Labute approximate surface area is 336 Å². The van der Waals surface area contributed by atoms with Crippen molar-refractivity contribution in [2.75, 3.05) is 21.5 Å². The molecule has 6 aromatic carbocycles. The van der Waals surface area contributed by atoms with Gasteiger partial charge in [0.2, 0.25) is 17.5 Å². The van der Waals surface area contributed by atoms with Crippen molar-refractivity contribution in [1.29, 1.82) is 0 Å². The summed E-state index contributed by atoms with van der Waals surface area (Å²) in [4.78, 5) is 58.3. The van der Waals surface area contributed by atoms with Crippen molar-refractivity contribution in [3.63, 3.8) is 0 Å². The van der Waals surface area contributed by atoms with Crippen LogP contribution >= 0.6 is 0 Å². The maximum atomic E-state index is 13.6. The number of carbonyl (C=O) groups is 4. The molecule has 4 N–H and O–H groups in total. The first-order chi connectivity index (χ1) is 28.9. The van der Waals surface area contributed by atoms with Gasteiger partial charge in [0.05, 0.1) is 22.5 Å². The van der Waals surface area contributed by atoms with Gasteiger partial charge in [-0.25, -0.2) is 4.98 Å². The van der Waals surface area contributed by atoms with Gasteiger partial charge in [0.25, 0.3) is 11.8 Å². The van der Waals surface area contributed by atoms with Gasteiger partial charge in [-0.05, 0) is 83.9 Å². The predicted octanol–water partition coefficient (Wildman–Crippen LogP) is 8.34. The monoisotopic (exact) mass is 773 g/mol. The average Bonchev–Trinajstić information content (AvgIpc) is 3.70. The number of nitrogens with one attached hydrogen (secondary N) is 4. The molecule has 0 saturated heterocycles. The number of amides is 2. The molecule has 0 saturated carbocycles. The molecule has 0 aliphatic heterocycles. The Kier molecular flexibility index (Phi) is 9.53. The molecule has 12 nitrogen and oxygen atoms in total. The third-order valence-corrected chi connectivity index (χ3v) is 9.62. The summed E-state index contributed by atoms with van der Waals surface area (Å²) in [6.07, 6.45) is 3.16. The summed E-state index contributed by atoms with van der Waals surface area (Å²) in [5.41, 5.74) is 12.7. The molecule has 9 rings (SSSR count). The largest absolute Gasteiger partial charge is 0.436 e. The molecular formula is C47H31N7O5. The normalized spacial score (nSPS) is 14.6. The van der Waals surface area contributed by atoms with Crippen LogP contribution in [0.15, 0.2) is 177 Å². The van der Waals surface area contributed by atoms with Crippen molar-refractivity contribution in [2.24, 2.45) is 10.2 Å². The van der Waals surface area contributed by atoms with Crippen molar-refractivity contribution in [3.8, 4) is 11.5 Å². The molecule has 7 aromatic rings. The van der Waals surface area contributed by atoms with Crippen LogP contribution in [0.5, 0.6) is 0 Å². The molecule has 0 spiro atoms. The van der Waals surface area contributed by atoms with Crippen molar-refractivity contribution < 1.29 is 23.6 Å². The zero-order valence-corrected chi connectivity index (χ0v) is 31.0. The van der Waals surface area contributed by atoms with Gasteiger partial charge >= 0.3 is 0 Å². The number of para-hydroxylation sites is 2. The van der Waals surface area contributed by atoms with Crippen LogP contribution in [0.25, 0.3) is 34.7 Å². The molecule has 2 amide bonds. The maximum absolute atomic E-state index is 13.6. The van der Waals surface area contributed by atoms with E-state index in [1.807, 2.05) is 48.5 Å². The van der Waals surface area contributed by atoms with Crippen molar-refractivity contribution in [3.05, 3.63) is 185 Å². The van der Waals surface area contributed by atoms with Gasteiger partial charge < -0.3 is 15.1 Å². The van der Waals surface area contributed by atoms with E-state index in [4.69, 9.17) is 4.42 Å². The molecular weight excluding hydrogens is 743 g/mol. The highest BCUT2D eigenvalue weighted by atomic mass is 16.3. The summed E-state index contributed by atoms with van der Waals surface area (Å²) in [7, 11) is 0. The second-order valence-corrected chi connectivity index (χ2v) is 13.5. The minimum atomic E-state index is -0.530. The van der Waals surface area contributed by atoms with E-state index in [2.05, 4.69) is 36.7 Å². The first kappa shape index (κ1) is 36.1. The topological polar surface area (TPSA) is 167 Å². The van der Waals surface area contributed by atoms with Crippen LogP contribution < -0.4 is 21.5 Å². The van der Waals surface area contributed by atoms with Gasteiger partial charge in [0, 0.05) is 34.1 Å². The summed E-state index contributed by atoms with van der Waals surface area (Å²) >= 11 is 0. The molecule has 2 aliphatic carbocycles. The fraction of sp³-hybridized carbons (Fsp3) is 0. The first-order valence-corrected chi connectivity index (χ1v) is 18.5. The van der Waals surface area contributed by atoms with Gasteiger partial charge in [0.1, 0.15) is 16.9 Å². The zero-order valence-electron chi connectivity index (χ0n) is 31.0.